The molecule has 0 aliphatic heterocycles. The SMILES string of the molecule is CCOC(=O)C[C@@H]1C[C@@H](O)[C@@H](O)[C@H]1OCc1ccccc1. The average Bonchev–Trinajstić information content (AvgIpc) is 2.73. The fourth-order valence-corrected chi connectivity index (χ4v) is 2.72. The van der Waals surface area contributed by atoms with Crippen molar-refractivity contribution in [1.29, 1.82) is 0 Å². The van der Waals surface area contributed by atoms with Gasteiger partial charge in [0.2, 0.25) is 0 Å². The van der Waals surface area contributed by atoms with Crippen LogP contribution < -0.4 is 0 Å². The van der Waals surface area contributed by atoms with Crippen LogP contribution in [0.1, 0.15) is 25.3 Å². The van der Waals surface area contributed by atoms with E-state index in [0.29, 0.717) is 19.6 Å². The molecule has 5 heteroatoms. The van der Waals surface area contributed by atoms with E-state index in [1.54, 1.807) is 6.92 Å². The highest BCUT2D eigenvalue weighted by molar-refractivity contribution is 5.69. The maximum absolute atomic E-state index is 11.6. The number of rotatable bonds is 6. The van der Waals surface area contributed by atoms with E-state index in [1.807, 2.05) is 30.3 Å². The first-order valence-corrected chi connectivity index (χ1v) is 7.29. The Balaban J connectivity index is 1.94. The van der Waals surface area contributed by atoms with Crippen molar-refractivity contribution in [2.75, 3.05) is 6.61 Å². The van der Waals surface area contributed by atoms with Gasteiger partial charge in [0.15, 0.2) is 0 Å². The summed E-state index contributed by atoms with van der Waals surface area (Å²) >= 11 is 0. The van der Waals surface area contributed by atoms with Crippen LogP contribution >= 0.6 is 0 Å². The molecule has 0 heterocycles. The lowest BCUT2D eigenvalue weighted by molar-refractivity contribution is -0.146. The van der Waals surface area contributed by atoms with Gasteiger partial charge in [-0.05, 0) is 18.9 Å². The Hall–Kier alpha value is -1.43. The Bertz CT molecular complexity index is 447. The van der Waals surface area contributed by atoms with Crippen LogP contribution in [0.25, 0.3) is 0 Å². The van der Waals surface area contributed by atoms with Crippen LogP contribution in [-0.2, 0) is 20.9 Å². The molecule has 0 aromatic heterocycles. The van der Waals surface area contributed by atoms with E-state index in [2.05, 4.69) is 0 Å². The molecule has 1 aliphatic rings. The van der Waals surface area contributed by atoms with Crippen molar-refractivity contribution in [3.8, 4) is 0 Å². The van der Waals surface area contributed by atoms with Crippen LogP contribution in [-0.4, -0.2) is 41.1 Å². The average molecular weight is 294 g/mol. The first-order valence-electron chi connectivity index (χ1n) is 7.29. The van der Waals surface area contributed by atoms with Crippen molar-refractivity contribution in [3.63, 3.8) is 0 Å². The van der Waals surface area contributed by atoms with Crippen LogP contribution in [0.4, 0.5) is 0 Å². The lowest BCUT2D eigenvalue weighted by Gasteiger charge is -2.22. The molecule has 1 saturated carbocycles. The maximum Gasteiger partial charge on any atom is 0.306 e. The van der Waals surface area contributed by atoms with Gasteiger partial charge in [-0.3, -0.25) is 4.79 Å². The molecule has 1 aromatic rings. The van der Waals surface area contributed by atoms with Crippen molar-refractivity contribution in [1.82, 2.24) is 0 Å². The van der Waals surface area contributed by atoms with Gasteiger partial charge in [-0.15, -0.1) is 0 Å². The summed E-state index contributed by atoms with van der Waals surface area (Å²) in [5.41, 5.74) is 0.987. The van der Waals surface area contributed by atoms with Gasteiger partial charge in [0.1, 0.15) is 6.10 Å². The minimum absolute atomic E-state index is 0.154. The van der Waals surface area contributed by atoms with E-state index in [4.69, 9.17) is 9.47 Å². The molecule has 0 saturated heterocycles. The van der Waals surface area contributed by atoms with Gasteiger partial charge in [0.05, 0.1) is 31.8 Å². The lowest BCUT2D eigenvalue weighted by Crippen LogP contribution is -2.34. The van der Waals surface area contributed by atoms with Crippen molar-refractivity contribution in [2.24, 2.45) is 5.92 Å². The molecule has 116 valence electrons. The Morgan fingerprint density at radius 1 is 1.29 bits per heavy atom. The monoisotopic (exact) mass is 294 g/mol. The van der Waals surface area contributed by atoms with Gasteiger partial charge in [-0.2, -0.15) is 0 Å². The van der Waals surface area contributed by atoms with Crippen molar-refractivity contribution < 1.29 is 24.5 Å². The number of ether oxygens (including phenoxy) is 2. The molecule has 0 bridgehead atoms. The number of hydrogen-bond donors (Lipinski definition) is 2. The molecule has 2 N–H and O–H groups in total. The third-order valence-electron chi connectivity index (χ3n) is 3.76. The lowest BCUT2D eigenvalue weighted by atomic mass is 10.0. The van der Waals surface area contributed by atoms with Gasteiger partial charge < -0.3 is 19.7 Å². The van der Waals surface area contributed by atoms with Gasteiger partial charge in [0, 0.05) is 5.92 Å². The van der Waals surface area contributed by atoms with E-state index in [-0.39, 0.29) is 18.3 Å². The zero-order valence-electron chi connectivity index (χ0n) is 12.1. The Kier molecular flexibility index (Phi) is 5.73. The normalized spacial score (nSPS) is 28.5. The molecule has 1 aliphatic carbocycles. The van der Waals surface area contributed by atoms with E-state index < -0.39 is 18.3 Å². The van der Waals surface area contributed by atoms with E-state index in [1.165, 1.54) is 0 Å². The zero-order valence-corrected chi connectivity index (χ0v) is 12.1. The molecule has 1 fully saturated rings. The van der Waals surface area contributed by atoms with Gasteiger partial charge in [0.25, 0.3) is 0 Å². The molecule has 1 aromatic carbocycles. The zero-order chi connectivity index (χ0) is 15.2. The molecule has 0 amide bonds. The third kappa shape index (κ3) is 4.27. The van der Waals surface area contributed by atoms with E-state index in [9.17, 15) is 15.0 Å². The molecule has 2 rings (SSSR count). The molecular formula is C16H22O5. The number of carbonyl (C=O) groups is 1. The summed E-state index contributed by atoms with van der Waals surface area (Å²) in [5.74, 6) is -0.546. The summed E-state index contributed by atoms with van der Waals surface area (Å²) in [4.78, 5) is 11.6. The maximum atomic E-state index is 11.6. The van der Waals surface area contributed by atoms with Crippen molar-refractivity contribution in [2.45, 2.75) is 44.7 Å². The highest BCUT2D eigenvalue weighted by Crippen LogP contribution is 2.32. The number of benzene rings is 1. The number of aliphatic hydroxyl groups excluding tert-OH is 2. The van der Waals surface area contributed by atoms with Gasteiger partial charge in [-0.1, -0.05) is 30.3 Å². The summed E-state index contributed by atoms with van der Waals surface area (Å²) in [6, 6.07) is 9.60. The third-order valence-corrected chi connectivity index (χ3v) is 3.76. The number of hydrogen-bond acceptors (Lipinski definition) is 5. The smallest absolute Gasteiger partial charge is 0.306 e. The predicted octanol–water partition coefficient (Wildman–Crippen LogP) is 1.27. The fraction of sp³-hybridized carbons (Fsp3) is 0.562. The summed E-state index contributed by atoms with van der Waals surface area (Å²) in [5, 5.41) is 19.8. The molecular weight excluding hydrogens is 272 g/mol. The molecule has 21 heavy (non-hydrogen) atoms. The minimum atomic E-state index is -0.965. The first kappa shape index (κ1) is 15.9. The quantitative estimate of drug-likeness (QED) is 0.773. The number of carbonyl (C=O) groups excluding carboxylic acids is 1. The van der Waals surface area contributed by atoms with Crippen LogP contribution in [0.3, 0.4) is 0 Å². The predicted molar refractivity (Wildman–Crippen MR) is 76.4 cm³/mol. The summed E-state index contributed by atoms with van der Waals surface area (Å²) in [6.45, 7) is 2.42. The van der Waals surface area contributed by atoms with Crippen molar-refractivity contribution >= 4 is 5.97 Å². The highest BCUT2D eigenvalue weighted by atomic mass is 16.5. The van der Waals surface area contributed by atoms with Crippen LogP contribution in [0.2, 0.25) is 0 Å². The second-order valence-corrected chi connectivity index (χ2v) is 5.32. The fourth-order valence-electron chi connectivity index (χ4n) is 2.72. The van der Waals surface area contributed by atoms with Gasteiger partial charge >= 0.3 is 5.97 Å². The molecule has 0 spiro atoms. The second kappa shape index (κ2) is 7.54. The molecule has 0 unspecified atom stereocenters. The van der Waals surface area contributed by atoms with Crippen LogP contribution in [0.5, 0.6) is 0 Å². The van der Waals surface area contributed by atoms with E-state index in [0.717, 1.165) is 5.56 Å². The molecule has 4 atom stereocenters. The summed E-state index contributed by atoms with van der Waals surface area (Å²) < 4.78 is 10.7. The second-order valence-electron chi connectivity index (χ2n) is 5.32. The largest absolute Gasteiger partial charge is 0.466 e. The van der Waals surface area contributed by atoms with Crippen molar-refractivity contribution in [3.05, 3.63) is 35.9 Å². The Labute approximate surface area is 124 Å². The van der Waals surface area contributed by atoms with Gasteiger partial charge in [-0.25, -0.2) is 0 Å². The van der Waals surface area contributed by atoms with Crippen LogP contribution in [0, 0.1) is 5.92 Å². The minimum Gasteiger partial charge on any atom is -0.466 e. The highest BCUT2D eigenvalue weighted by Gasteiger charge is 2.43. The molecule has 0 radical (unpaired) electrons. The molecule has 5 nitrogen and oxygen atoms in total. The Morgan fingerprint density at radius 3 is 2.67 bits per heavy atom. The number of aliphatic hydroxyl groups is 2. The topological polar surface area (TPSA) is 76.0 Å². The first-order chi connectivity index (χ1) is 10.1. The van der Waals surface area contributed by atoms with Crippen LogP contribution in [0.15, 0.2) is 30.3 Å². The summed E-state index contributed by atoms with van der Waals surface area (Å²) in [6.07, 6.45) is -1.87. The summed E-state index contributed by atoms with van der Waals surface area (Å²) in [7, 11) is 0. The standard InChI is InChI=1S/C16H22O5/c1-2-20-14(18)9-12-8-13(17)15(19)16(12)21-10-11-6-4-3-5-7-11/h3-7,12-13,15-17,19H,2,8-10H2,1H3/t12-,13+,15+,16-/m0/s1. The van der Waals surface area contributed by atoms with E-state index >= 15 is 0 Å². The number of esters is 1. The Morgan fingerprint density at radius 2 is 2.00 bits per heavy atom.